The van der Waals surface area contributed by atoms with Crippen LogP contribution in [0, 0.1) is 12.8 Å². The van der Waals surface area contributed by atoms with Crippen LogP contribution in [0.3, 0.4) is 0 Å². The number of phenols is 1. The molecule has 6 heteroatoms. The Morgan fingerprint density at radius 1 is 1.24 bits per heavy atom. The Kier molecular flexibility index (Phi) is 4.90. The summed E-state index contributed by atoms with van der Waals surface area (Å²) >= 11 is 0. The first kappa shape index (κ1) is 17.2. The number of benzene rings is 1. The SMILES string of the molecule is COC(=O)[C@@H]1CN(c2nc(CO)ccc2C)C[C@H]1c1ccc(O)cc1. The quantitative estimate of drug-likeness (QED) is 0.827. The minimum atomic E-state index is -0.312. The van der Waals surface area contributed by atoms with Gasteiger partial charge in [-0.3, -0.25) is 4.79 Å². The van der Waals surface area contributed by atoms with Gasteiger partial charge >= 0.3 is 5.97 Å². The molecule has 0 aliphatic carbocycles. The lowest BCUT2D eigenvalue weighted by atomic mass is 9.89. The molecule has 25 heavy (non-hydrogen) atoms. The molecule has 0 bridgehead atoms. The first-order chi connectivity index (χ1) is 12.0. The van der Waals surface area contributed by atoms with Crippen molar-refractivity contribution in [2.75, 3.05) is 25.1 Å². The van der Waals surface area contributed by atoms with Gasteiger partial charge in [-0.05, 0) is 36.2 Å². The first-order valence-corrected chi connectivity index (χ1v) is 8.22. The lowest BCUT2D eigenvalue weighted by Crippen LogP contribution is -2.25. The number of aromatic nitrogens is 1. The molecule has 0 saturated carbocycles. The van der Waals surface area contributed by atoms with Gasteiger partial charge in [0.1, 0.15) is 11.6 Å². The fourth-order valence-electron chi connectivity index (χ4n) is 3.39. The van der Waals surface area contributed by atoms with E-state index in [-0.39, 0.29) is 30.2 Å². The van der Waals surface area contributed by atoms with Gasteiger partial charge in [0.2, 0.25) is 0 Å². The number of ether oxygens (including phenoxy) is 1. The molecule has 1 aliphatic heterocycles. The highest BCUT2D eigenvalue weighted by Crippen LogP contribution is 2.37. The number of pyridine rings is 1. The third kappa shape index (κ3) is 3.44. The molecule has 0 radical (unpaired) electrons. The predicted molar refractivity (Wildman–Crippen MR) is 93.5 cm³/mol. The van der Waals surface area contributed by atoms with E-state index in [0.717, 1.165) is 16.9 Å². The Bertz CT molecular complexity index is 761. The van der Waals surface area contributed by atoms with Gasteiger partial charge in [-0.25, -0.2) is 4.98 Å². The Morgan fingerprint density at radius 3 is 2.60 bits per heavy atom. The minimum Gasteiger partial charge on any atom is -0.508 e. The second kappa shape index (κ2) is 7.11. The number of rotatable bonds is 4. The van der Waals surface area contributed by atoms with E-state index in [1.807, 2.05) is 25.1 Å². The second-order valence-corrected chi connectivity index (χ2v) is 6.33. The largest absolute Gasteiger partial charge is 0.508 e. The number of aryl methyl sites for hydroxylation is 1. The van der Waals surface area contributed by atoms with Crippen LogP contribution in [0.2, 0.25) is 0 Å². The summed E-state index contributed by atoms with van der Waals surface area (Å²) in [6.07, 6.45) is 0. The highest BCUT2D eigenvalue weighted by atomic mass is 16.5. The van der Waals surface area contributed by atoms with Crippen LogP contribution in [0.1, 0.15) is 22.7 Å². The Morgan fingerprint density at radius 2 is 1.96 bits per heavy atom. The molecule has 1 fully saturated rings. The summed E-state index contributed by atoms with van der Waals surface area (Å²) in [4.78, 5) is 18.9. The average molecular weight is 342 g/mol. The molecule has 3 rings (SSSR count). The summed E-state index contributed by atoms with van der Waals surface area (Å²) in [5.74, 6) is 0.361. The van der Waals surface area contributed by atoms with Crippen LogP contribution in [0.4, 0.5) is 5.82 Å². The average Bonchev–Trinajstić information content (AvgIpc) is 3.07. The smallest absolute Gasteiger partial charge is 0.311 e. The molecule has 1 aliphatic rings. The third-order valence-corrected chi connectivity index (χ3v) is 4.73. The predicted octanol–water partition coefficient (Wildman–Crippen LogP) is 1.98. The van der Waals surface area contributed by atoms with E-state index >= 15 is 0 Å². The highest BCUT2D eigenvalue weighted by molar-refractivity contribution is 5.76. The second-order valence-electron chi connectivity index (χ2n) is 6.33. The van der Waals surface area contributed by atoms with Crippen molar-refractivity contribution in [2.24, 2.45) is 5.92 Å². The van der Waals surface area contributed by atoms with Gasteiger partial charge in [0.25, 0.3) is 0 Å². The first-order valence-electron chi connectivity index (χ1n) is 8.22. The van der Waals surface area contributed by atoms with Gasteiger partial charge in [0.05, 0.1) is 25.3 Å². The molecular weight excluding hydrogens is 320 g/mol. The zero-order chi connectivity index (χ0) is 18.0. The molecule has 1 aromatic carbocycles. The maximum atomic E-state index is 12.3. The van der Waals surface area contributed by atoms with Crippen LogP contribution < -0.4 is 4.90 Å². The summed E-state index contributed by atoms with van der Waals surface area (Å²) in [6.45, 7) is 2.96. The zero-order valence-electron chi connectivity index (χ0n) is 14.3. The number of esters is 1. The fraction of sp³-hybridized carbons (Fsp3) is 0.368. The van der Waals surface area contributed by atoms with Crippen molar-refractivity contribution in [1.29, 1.82) is 0 Å². The van der Waals surface area contributed by atoms with Crippen LogP contribution in [0.5, 0.6) is 5.75 Å². The van der Waals surface area contributed by atoms with E-state index in [1.54, 1.807) is 18.2 Å². The molecule has 2 heterocycles. The van der Waals surface area contributed by atoms with Gasteiger partial charge in [-0.15, -0.1) is 0 Å². The summed E-state index contributed by atoms with van der Waals surface area (Å²) in [6, 6.07) is 10.7. The minimum absolute atomic E-state index is 0.0490. The molecule has 0 amide bonds. The van der Waals surface area contributed by atoms with Gasteiger partial charge in [-0.2, -0.15) is 0 Å². The van der Waals surface area contributed by atoms with E-state index in [0.29, 0.717) is 18.8 Å². The fourth-order valence-corrected chi connectivity index (χ4v) is 3.39. The number of anilines is 1. The molecular formula is C19H22N2O4. The third-order valence-electron chi connectivity index (χ3n) is 4.73. The van der Waals surface area contributed by atoms with Crippen LogP contribution in [0.15, 0.2) is 36.4 Å². The topological polar surface area (TPSA) is 82.9 Å². The molecule has 0 spiro atoms. The van der Waals surface area contributed by atoms with E-state index in [1.165, 1.54) is 7.11 Å². The van der Waals surface area contributed by atoms with E-state index in [2.05, 4.69) is 9.88 Å². The van der Waals surface area contributed by atoms with Gasteiger partial charge in [-0.1, -0.05) is 18.2 Å². The highest BCUT2D eigenvalue weighted by Gasteiger charge is 2.40. The summed E-state index contributed by atoms with van der Waals surface area (Å²) < 4.78 is 4.99. The van der Waals surface area contributed by atoms with Crippen LogP contribution in [-0.4, -0.2) is 41.4 Å². The molecule has 6 nitrogen and oxygen atoms in total. The number of carbonyl (C=O) groups is 1. The van der Waals surface area contributed by atoms with Crippen molar-refractivity contribution in [1.82, 2.24) is 4.98 Å². The number of nitrogens with zero attached hydrogens (tertiary/aromatic N) is 2. The summed E-state index contributed by atoms with van der Waals surface area (Å²) in [5, 5.41) is 18.9. The van der Waals surface area contributed by atoms with Crippen molar-refractivity contribution in [2.45, 2.75) is 19.4 Å². The lowest BCUT2D eigenvalue weighted by Gasteiger charge is -2.20. The van der Waals surface area contributed by atoms with Crippen LogP contribution >= 0.6 is 0 Å². The number of aliphatic hydroxyl groups is 1. The molecule has 1 aromatic heterocycles. The van der Waals surface area contributed by atoms with Gasteiger partial charge in [0.15, 0.2) is 0 Å². The van der Waals surface area contributed by atoms with E-state index in [9.17, 15) is 15.0 Å². The number of aromatic hydroxyl groups is 1. The number of hydrogen-bond acceptors (Lipinski definition) is 6. The van der Waals surface area contributed by atoms with Crippen molar-refractivity contribution < 1.29 is 19.7 Å². The standard InChI is InChI=1S/C19H22N2O4/c1-12-3-6-14(11-22)20-18(12)21-9-16(17(10-21)19(24)25-2)13-4-7-15(23)8-5-13/h3-8,16-17,22-23H,9-11H2,1-2H3/t16-,17+/m0/s1. The maximum Gasteiger partial charge on any atom is 0.311 e. The number of phenolic OH excluding ortho intramolecular Hbond substituents is 1. The Hall–Kier alpha value is -2.60. The number of carbonyl (C=O) groups excluding carboxylic acids is 1. The maximum absolute atomic E-state index is 12.3. The molecule has 2 atom stereocenters. The Labute approximate surface area is 146 Å². The van der Waals surface area contributed by atoms with Crippen molar-refractivity contribution >= 4 is 11.8 Å². The number of aliphatic hydroxyl groups excluding tert-OH is 1. The normalized spacial score (nSPS) is 19.9. The van der Waals surface area contributed by atoms with Gasteiger partial charge in [0, 0.05) is 19.0 Å². The zero-order valence-corrected chi connectivity index (χ0v) is 14.3. The molecule has 132 valence electrons. The number of methoxy groups -OCH3 is 1. The van der Waals surface area contributed by atoms with Crippen LogP contribution in [-0.2, 0) is 16.1 Å². The van der Waals surface area contributed by atoms with Gasteiger partial charge < -0.3 is 19.8 Å². The molecule has 1 saturated heterocycles. The summed E-state index contributed by atoms with van der Waals surface area (Å²) in [7, 11) is 1.40. The van der Waals surface area contributed by atoms with E-state index < -0.39 is 0 Å². The monoisotopic (exact) mass is 342 g/mol. The van der Waals surface area contributed by atoms with Crippen molar-refractivity contribution in [3.05, 3.63) is 53.2 Å². The molecule has 0 unspecified atom stereocenters. The number of hydrogen-bond donors (Lipinski definition) is 2. The molecule has 2 aromatic rings. The molecule has 2 N–H and O–H groups in total. The Balaban J connectivity index is 1.94. The van der Waals surface area contributed by atoms with E-state index in [4.69, 9.17) is 4.74 Å². The van der Waals surface area contributed by atoms with Crippen LogP contribution in [0.25, 0.3) is 0 Å². The van der Waals surface area contributed by atoms with Crippen molar-refractivity contribution in [3.8, 4) is 5.75 Å². The summed E-state index contributed by atoms with van der Waals surface area (Å²) in [5.41, 5.74) is 2.57. The lowest BCUT2D eigenvalue weighted by molar-refractivity contribution is -0.145. The van der Waals surface area contributed by atoms with Crippen molar-refractivity contribution in [3.63, 3.8) is 0 Å².